The Labute approximate surface area is 315 Å². The Balaban J connectivity index is 1.07. The second kappa shape index (κ2) is 12.4. The van der Waals surface area contributed by atoms with E-state index in [1.54, 1.807) is 11.3 Å². The summed E-state index contributed by atoms with van der Waals surface area (Å²) < 4.78 is 8.93. The fourth-order valence-electron chi connectivity index (χ4n) is 7.96. The minimum Gasteiger partial charge on any atom is -0.456 e. The van der Waals surface area contributed by atoms with Crippen molar-refractivity contribution >= 4 is 64.4 Å². The zero-order valence-electron chi connectivity index (χ0n) is 29.0. The number of furan rings is 1. The van der Waals surface area contributed by atoms with Gasteiger partial charge in [0.25, 0.3) is 0 Å². The van der Waals surface area contributed by atoms with Gasteiger partial charge in [-0.05, 0) is 68.4 Å². The standard InChI is InChI=1S/C50H30N2OS/c1-3-12-31(13-4-1)32-22-24-34(25-23-32)47-49-48(41-18-9-10-21-45(41)54-49)52-50(51-47)42-19-11-20-43-46(42)40-27-26-35(30-44(40)53-43)37-29-28-36(33-14-5-2-6-15-33)38-16-7-8-17-39(37)38/h1-30H. The van der Waals surface area contributed by atoms with Crippen molar-refractivity contribution in [2.45, 2.75) is 0 Å². The zero-order valence-corrected chi connectivity index (χ0v) is 29.8. The third kappa shape index (κ3) is 4.96. The van der Waals surface area contributed by atoms with E-state index in [9.17, 15) is 0 Å². The van der Waals surface area contributed by atoms with E-state index >= 15 is 0 Å². The van der Waals surface area contributed by atoms with Crippen LogP contribution in [0.2, 0.25) is 0 Å². The molecule has 0 unspecified atom stereocenters. The van der Waals surface area contributed by atoms with Crippen molar-refractivity contribution in [2.75, 3.05) is 0 Å². The third-order valence-corrected chi connectivity index (χ3v) is 11.7. The van der Waals surface area contributed by atoms with Crippen LogP contribution in [0.15, 0.2) is 186 Å². The number of nitrogens with zero attached hydrogens (tertiary/aromatic N) is 2. The number of benzene rings is 8. The van der Waals surface area contributed by atoms with E-state index in [0.717, 1.165) is 59.9 Å². The van der Waals surface area contributed by atoms with Gasteiger partial charge in [0.15, 0.2) is 5.82 Å². The number of rotatable bonds is 5. The summed E-state index contributed by atoms with van der Waals surface area (Å²) in [5, 5.41) is 5.65. The van der Waals surface area contributed by atoms with Crippen molar-refractivity contribution < 1.29 is 4.42 Å². The smallest absolute Gasteiger partial charge is 0.161 e. The Morgan fingerprint density at radius 1 is 0.389 bits per heavy atom. The van der Waals surface area contributed by atoms with Crippen LogP contribution in [-0.4, -0.2) is 9.97 Å². The molecular formula is C50H30N2OS. The molecule has 0 aliphatic carbocycles. The lowest BCUT2D eigenvalue weighted by Crippen LogP contribution is -1.94. The van der Waals surface area contributed by atoms with Crippen molar-refractivity contribution in [1.29, 1.82) is 0 Å². The van der Waals surface area contributed by atoms with E-state index in [1.165, 1.54) is 43.3 Å². The van der Waals surface area contributed by atoms with E-state index < -0.39 is 0 Å². The molecule has 0 radical (unpaired) electrons. The molecule has 8 aromatic carbocycles. The molecule has 0 fully saturated rings. The number of fused-ring (bicyclic) bond motifs is 7. The molecule has 3 aromatic heterocycles. The predicted octanol–water partition coefficient (Wildman–Crippen LogP) is 14.2. The summed E-state index contributed by atoms with van der Waals surface area (Å²) in [4.78, 5) is 10.7. The quantitative estimate of drug-likeness (QED) is 0.179. The van der Waals surface area contributed by atoms with Crippen LogP contribution in [0.5, 0.6) is 0 Å². The van der Waals surface area contributed by atoms with Gasteiger partial charge >= 0.3 is 0 Å². The summed E-state index contributed by atoms with van der Waals surface area (Å²) in [7, 11) is 0. The normalized spacial score (nSPS) is 11.7. The van der Waals surface area contributed by atoms with Crippen LogP contribution in [-0.2, 0) is 0 Å². The van der Waals surface area contributed by atoms with Crippen LogP contribution >= 0.6 is 11.3 Å². The van der Waals surface area contributed by atoms with Crippen LogP contribution in [0, 0.1) is 0 Å². The van der Waals surface area contributed by atoms with Gasteiger partial charge < -0.3 is 4.42 Å². The zero-order chi connectivity index (χ0) is 35.6. The second-order valence-electron chi connectivity index (χ2n) is 13.7. The summed E-state index contributed by atoms with van der Waals surface area (Å²) in [6, 6.07) is 64.3. The fourth-order valence-corrected chi connectivity index (χ4v) is 9.11. The van der Waals surface area contributed by atoms with Gasteiger partial charge in [0.05, 0.1) is 15.9 Å². The van der Waals surface area contributed by atoms with E-state index in [1.807, 2.05) is 18.2 Å². The average molecular weight is 707 g/mol. The van der Waals surface area contributed by atoms with E-state index in [4.69, 9.17) is 14.4 Å². The lowest BCUT2D eigenvalue weighted by atomic mass is 9.92. The highest BCUT2D eigenvalue weighted by Gasteiger charge is 2.20. The topological polar surface area (TPSA) is 38.9 Å². The summed E-state index contributed by atoms with van der Waals surface area (Å²) in [6.07, 6.45) is 0. The minimum atomic E-state index is 0.688. The first-order valence-corrected chi connectivity index (χ1v) is 19.0. The van der Waals surface area contributed by atoms with Gasteiger partial charge in [0.2, 0.25) is 0 Å². The van der Waals surface area contributed by atoms with Gasteiger partial charge in [-0.15, -0.1) is 11.3 Å². The molecule has 0 spiro atoms. The van der Waals surface area contributed by atoms with E-state index in [2.05, 4.69) is 164 Å². The van der Waals surface area contributed by atoms with Gasteiger partial charge in [0.1, 0.15) is 11.2 Å². The molecule has 11 rings (SSSR count). The summed E-state index contributed by atoms with van der Waals surface area (Å²) in [6.45, 7) is 0. The molecule has 0 aliphatic rings. The highest BCUT2D eigenvalue weighted by Crippen LogP contribution is 2.43. The Kier molecular flexibility index (Phi) is 7.04. The van der Waals surface area contributed by atoms with Crippen LogP contribution in [0.3, 0.4) is 0 Å². The predicted molar refractivity (Wildman–Crippen MR) is 227 cm³/mol. The number of hydrogen-bond acceptors (Lipinski definition) is 4. The lowest BCUT2D eigenvalue weighted by molar-refractivity contribution is 0.669. The molecular weight excluding hydrogens is 677 g/mol. The summed E-state index contributed by atoms with van der Waals surface area (Å²) in [5.41, 5.74) is 12.7. The van der Waals surface area contributed by atoms with Gasteiger partial charge in [-0.1, -0.05) is 158 Å². The van der Waals surface area contributed by atoms with Crippen molar-refractivity contribution in [1.82, 2.24) is 9.97 Å². The SMILES string of the molecule is c1ccc(-c2ccc(-c3nc(-c4cccc5oc6cc(-c7ccc(-c8ccccc8)c8ccccc78)ccc6c45)nc4c3sc3ccccc34)cc2)cc1. The molecule has 252 valence electrons. The molecule has 4 heteroatoms. The first kappa shape index (κ1) is 30.7. The largest absolute Gasteiger partial charge is 0.456 e. The Hall–Kier alpha value is -6.88. The van der Waals surface area contributed by atoms with Crippen LogP contribution in [0.25, 0.3) is 109 Å². The van der Waals surface area contributed by atoms with Gasteiger partial charge in [-0.2, -0.15) is 0 Å². The highest BCUT2D eigenvalue weighted by molar-refractivity contribution is 7.26. The first-order valence-electron chi connectivity index (χ1n) is 18.2. The summed E-state index contributed by atoms with van der Waals surface area (Å²) in [5.74, 6) is 0.688. The molecule has 3 heterocycles. The van der Waals surface area contributed by atoms with E-state index in [0.29, 0.717) is 5.82 Å². The number of aromatic nitrogens is 2. The fraction of sp³-hybridized carbons (Fsp3) is 0. The lowest BCUT2D eigenvalue weighted by Gasteiger charge is -2.12. The monoisotopic (exact) mass is 706 g/mol. The Bertz CT molecular complexity index is 3200. The molecule has 0 bridgehead atoms. The maximum absolute atomic E-state index is 6.64. The minimum absolute atomic E-state index is 0.688. The molecule has 0 amide bonds. The molecule has 3 nitrogen and oxygen atoms in total. The number of hydrogen-bond donors (Lipinski definition) is 0. The number of thiophene rings is 1. The molecule has 0 aliphatic heterocycles. The van der Waals surface area contributed by atoms with Crippen LogP contribution in [0.4, 0.5) is 0 Å². The summed E-state index contributed by atoms with van der Waals surface area (Å²) >= 11 is 1.75. The van der Waals surface area contributed by atoms with Crippen molar-refractivity contribution in [3.63, 3.8) is 0 Å². The maximum Gasteiger partial charge on any atom is 0.161 e. The van der Waals surface area contributed by atoms with Gasteiger partial charge in [0, 0.05) is 32.0 Å². The third-order valence-electron chi connectivity index (χ3n) is 10.5. The highest BCUT2D eigenvalue weighted by atomic mass is 32.1. The molecule has 0 N–H and O–H groups in total. The average Bonchev–Trinajstić information content (AvgIpc) is 3.82. The van der Waals surface area contributed by atoms with Crippen molar-refractivity contribution in [3.8, 4) is 56.0 Å². The van der Waals surface area contributed by atoms with E-state index in [-0.39, 0.29) is 0 Å². The maximum atomic E-state index is 6.64. The molecule has 54 heavy (non-hydrogen) atoms. The van der Waals surface area contributed by atoms with Gasteiger partial charge in [-0.3, -0.25) is 0 Å². The Morgan fingerprint density at radius 3 is 1.76 bits per heavy atom. The first-order chi connectivity index (χ1) is 26.8. The van der Waals surface area contributed by atoms with Crippen molar-refractivity contribution in [3.05, 3.63) is 182 Å². The van der Waals surface area contributed by atoms with Crippen molar-refractivity contribution in [2.24, 2.45) is 0 Å². The molecule has 11 aromatic rings. The van der Waals surface area contributed by atoms with Gasteiger partial charge in [-0.25, -0.2) is 9.97 Å². The molecule has 0 saturated carbocycles. The molecule has 0 saturated heterocycles. The molecule has 0 atom stereocenters. The second-order valence-corrected chi connectivity index (χ2v) is 14.7. The Morgan fingerprint density at radius 2 is 1.00 bits per heavy atom. The van der Waals surface area contributed by atoms with Crippen LogP contribution in [0.1, 0.15) is 0 Å². The van der Waals surface area contributed by atoms with Crippen LogP contribution < -0.4 is 0 Å².